The Morgan fingerprint density at radius 1 is 0.448 bits per heavy atom. The van der Waals surface area contributed by atoms with Crippen LogP contribution in [0, 0.1) is 46.5 Å². The van der Waals surface area contributed by atoms with Crippen molar-refractivity contribution in [2.45, 2.75) is 363 Å². The molecule has 15 nitrogen and oxygen atoms in total. The molecule has 4 atom stereocenters. The van der Waals surface area contributed by atoms with Crippen LogP contribution in [0.2, 0.25) is 0 Å². The smallest absolute Gasteiger partial charge is 0.247 e. The highest BCUT2D eigenvalue weighted by Gasteiger charge is 2.60. The van der Waals surface area contributed by atoms with E-state index in [1.54, 1.807) is 0 Å². The van der Waals surface area contributed by atoms with Gasteiger partial charge in [-0.15, -0.1) is 23.5 Å². The minimum Gasteiger partial charge on any atom is -0.299 e. The number of thioether (sulfide) groups is 5. The number of nitrogens with zero attached hydrogens (tertiary/aromatic N) is 6. The largest absolute Gasteiger partial charge is 0.299 e. The highest BCUT2D eigenvalue weighted by molar-refractivity contribution is 8.26. The molecule has 0 bridgehead atoms. The fourth-order valence-electron chi connectivity index (χ4n) is 22.3. The van der Waals surface area contributed by atoms with Gasteiger partial charge in [0.25, 0.3) is 0 Å². The van der Waals surface area contributed by atoms with Crippen LogP contribution in [0.1, 0.15) is 356 Å². The van der Waals surface area contributed by atoms with Gasteiger partial charge in [0.05, 0.1) is 33.7 Å². The average Bonchev–Trinajstić information content (AvgIpc) is 1.64. The van der Waals surface area contributed by atoms with Crippen LogP contribution in [0.25, 0.3) is 22.3 Å². The normalized spacial score (nSPS) is 22.4. The third-order valence-electron chi connectivity index (χ3n) is 29.2. The molecule has 0 radical (unpaired) electrons. The minimum absolute atomic E-state index is 0. The number of likely N-dealkylation sites (tertiary alicyclic amines) is 3. The van der Waals surface area contributed by atoms with E-state index in [1.165, 1.54) is 151 Å². The molecular weight excluding hydrogens is 1650 g/mol. The van der Waals surface area contributed by atoms with Crippen molar-refractivity contribution in [3.63, 3.8) is 0 Å². The summed E-state index contributed by atoms with van der Waals surface area (Å²) in [5.41, 5.74) is 28.3. The van der Waals surface area contributed by atoms with Crippen LogP contribution in [0.5, 0.6) is 0 Å². The summed E-state index contributed by atoms with van der Waals surface area (Å²) in [5.74, 6) is -1.57. The first-order valence-corrected chi connectivity index (χ1v) is 50.5. The van der Waals surface area contributed by atoms with Crippen molar-refractivity contribution < 1.29 is 44.5 Å². The van der Waals surface area contributed by atoms with Gasteiger partial charge in [0.15, 0.2) is 0 Å². The number of rotatable bonds is 24. The van der Waals surface area contributed by atoms with Crippen molar-refractivity contribution in [1.29, 1.82) is 0 Å². The Hall–Kier alpha value is -7.10. The molecule has 4 unspecified atom stereocenters. The van der Waals surface area contributed by atoms with E-state index in [0.717, 1.165) is 153 Å². The molecule has 10 heterocycles. The second-order valence-corrected chi connectivity index (χ2v) is 41.5. The van der Waals surface area contributed by atoms with E-state index in [2.05, 4.69) is 226 Å². The number of aryl methyl sites for hydroxylation is 2. The highest BCUT2D eigenvalue weighted by Crippen LogP contribution is 2.74. The Morgan fingerprint density at radius 3 is 1.21 bits per heavy atom. The minimum atomic E-state index is -0.616. The number of amides is 9. The van der Waals surface area contributed by atoms with E-state index in [0.29, 0.717) is 12.3 Å². The van der Waals surface area contributed by atoms with Crippen molar-refractivity contribution in [3.05, 3.63) is 159 Å². The summed E-state index contributed by atoms with van der Waals surface area (Å²) in [6.45, 7) is 59.1. The van der Waals surface area contributed by atoms with E-state index >= 15 is 4.79 Å². The van der Waals surface area contributed by atoms with Crippen LogP contribution in [0.4, 0.5) is 17.1 Å². The Balaban J connectivity index is 0.000000197. The molecule has 10 aliphatic heterocycles. The maximum atomic E-state index is 15.0. The maximum absolute atomic E-state index is 15.0. The number of carbonyl (C=O) groups excluding carboxylic acids is 9. The molecule has 0 aromatic heterocycles. The summed E-state index contributed by atoms with van der Waals surface area (Å²) < 4.78 is 5.46. The second-order valence-electron chi connectivity index (χ2n) is 35.3. The molecule has 0 N–H and O–H groups in total. The summed E-state index contributed by atoms with van der Waals surface area (Å²) in [5, 5.41) is 0. The van der Waals surface area contributed by atoms with Crippen LogP contribution in [0.15, 0.2) is 91.9 Å². The summed E-state index contributed by atoms with van der Waals surface area (Å²) in [6.07, 6.45) is 17.5. The van der Waals surface area contributed by atoms with E-state index in [-0.39, 0.29) is 129 Å². The fraction of sp³-hybridized carbons (Fsp3) is 0.571. The van der Waals surface area contributed by atoms with Crippen LogP contribution in [-0.4, -0.2) is 108 Å². The number of carbonyl (C=O) groups is 9. The molecule has 3 aromatic rings. The number of hydrogen-bond acceptors (Lipinski definition) is 14. The van der Waals surface area contributed by atoms with Crippen molar-refractivity contribution in [2.24, 2.45) is 11.8 Å². The average molecular weight is 1800 g/mol. The first-order valence-electron chi connectivity index (χ1n) is 47.4. The van der Waals surface area contributed by atoms with Gasteiger partial charge in [-0.25, -0.2) is 0 Å². The third kappa shape index (κ3) is 16.3. The van der Waals surface area contributed by atoms with E-state index in [9.17, 15) is 38.4 Å². The van der Waals surface area contributed by atoms with Gasteiger partial charge < -0.3 is 0 Å². The first kappa shape index (κ1) is 98.5. The zero-order valence-electron chi connectivity index (χ0n) is 80.6. The molecular formula is C105H144N6O9S5. The molecule has 11 aliphatic rings. The van der Waals surface area contributed by atoms with Crippen LogP contribution in [0.3, 0.4) is 0 Å². The lowest BCUT2D eigenvalue weighted by molar-refractivity contribution is -0.142. The van der Waals surface area contributed by atoms with Gasteiger partial charge in [0.2, 0.25) is 53.2 Å². The quantitative estimate of drug-likeness (QED) is 0.0612. The Labute approximate surface area is 772 Å². The summed E-state index contributed by atoms with van der Waals surface area (Å²) in [7, 11) is 1.25. The van der Waals surface area contributed by atoms with Gasteiger partial charge in [0.1, 0.15) is 23.7 Å². The fourth-order valence-corrected chi connectivity index (χ4v) is 31.4. The predicted molar refractivity (Wildman–Crippen MR) is 531 cm³/mol. The molecule has 9 amide bonds. The number of fused-ring (bicyclic) bond motifs is 8. The topological polar surface area (TPSA) is 173 Å². The number of hydrogen-bond donors (Lipinski definition) is 0. The van der Waals surface area contributed by atoms with Crippen LogP contribution < -0.4 is 14.7 Å². The molecule has 3 saturated heterocycles. The summed E-state index contributed by atoms with van der Waals surface area (Å²) in [6, 6.07) is 6.99. The predicted octanol–water partition coefficient (Wildman–Crippen LogP) is 26.5. The molecule has 1 aliphatic carbocycles. The first-order chi connectivity index (χ1) is 59.6. The van der Waals surface area contributed by atoms with Gasteiger partial charge in [-0.3, -0.25) is 72.6 Å². The Bertz CT molecular complexity index is 5210. The van der Waals surface area contributed by atoms with Crippen LogP contribution >= 0.6 is 58.8 Å². The Morgan fingerprint density at radius 2 is 0.848 bits per heavy atom. The molecule has 0 saturated carbocycles. The molecule has 14 rings (SSSR count). The number of benzene rings is 3. The number of imide groups is 3. The molecule has 20 heteroatoms. The van der Waals surface area contributed by atoms with Crippen molar-refractivity contribution >= 4 is 151 Å². The Kier molecular flexibility index (Phi) is 31.3. The van der Waals surface area contributed by atoms with E-state index < -0.39 is 16.6 Å². The van der Waals surface area contributed by atoms with Gasteiger partial charge in [-0.2, -0.15) is 0 Å². The second kappa shape index (κ2) is 39.7. The zero-order chi connectivity index (χ0) is 92.0. The third-order valence-corrected chi connectivity index (χ3v) is 37.7. The molecule has 1 spiro atoms. The lowest BCUT2D eigenvalue weighted by Crippen LogP contribution is -2.59. The van der Waals surface area contributed by atoms with Crippen LogP contribution in [-0.2, 0) is 62.4 Å². The van der Waals surface area contributed by atoms with E-state index in [1.807, 2.05) is 45.1 Å². The highest BCUT2D eigenvalue weighted by atomic mass is 32.2. The molecule has 125 heavy (non-hydrogen) atoms. The zero-order valence-corrected chi connectivity index (χ0v) is 83.7. The van der Waals surface area contributed by atoms with Gasteiger partial charge in [0, 0.05) is 88.7 Å². The maximum Gasteiger partial charge on any atom is 0.247 e. The monoisotopic (exact) mass is 1790 g/mol. The van der Waals surface area contributed by atoms with Crippen molar-refractivity contribution in [1.82, 2.24) is 14.7 Å². The lowest BCUT2D eigenvalue weighted by Gasteiger charge is -2.54. The lowest BCUT2D eigenvalue weighted by atomic mass is 9.72. The SMILES string of the molecule is C.C=C(C)C1C(CC)=C(CC)SC2=C1c1cc(C)c(C)c(CC)c1N(C(=O)CN1C(=O)CCC1=O)C2(C)CC.CCC1=C(CC)C(CC)C2=C(S1)C(C)(CC)N(C(=O)CN1C(=O)CCC1=O)c1c2cc(C)c(C)c1CC.CCC1=C(CC)c2c(cc3c(c2C)N(C(=O)CN2C(=O)CCC2=O)C(CC)(CC)C2=C3C3(SC(CC)=C(CC)S3)C(CC)=C(CC)S2)C1.[2H]C. The number of allylic oxidation sites excluding steroid dienone is 12. The molecule has 3 aromatic carbocycles. The molecule has 3 fully saturated rings. The van der Waals surface area contributed by atoms with E-state index in [4.69, 9.17) is 1.37 Å². The van der Waals surface area contributed by atoms with Gasteiger partial charge >= 0.3 is 0 Å². The van der Waals surface area contributed by atoms with Gasteiger partial charge in [-0.1, -0.05) is 191 Å². The standard InChI is InChI=1S/C40H52N2O3S3.C32H42N2O3S.C31H42N2O3S.2CH4/c1-10-24-20-25-21-27-36-38(46-29(13-4)28(12-3)40(36)47-30(14-5)31(15-6)48-40)39(16-7,17-8)42(37(27)23(9)35(25)26(24)11-2)34(45)22-41-32(43)18-19-33(41)44;1-10-21-20(8)19(7)16-23-29-28(18(5)6)22(11-2)24(12-3)38-31(29)32(9,13-4)34(30(21)23)27(37)17-33-25(35)14-15-26(33)36;1-9-20-19(7)18(6)16-23-28-22(11-3)21(10-2)24(12-4)37-30(28)31(8,13-5)33(29(20)23)27(36)17-32-25(34)14-15-26(32)35;;/h21H,10-20,22H2,1-9H3;16,28H,5,10-15,17H2,1-4,6-9H3;16,22H,9-15,17H2,1-8H3;2*1H4/i;;;1D;. The van der Waals surface area contributed by atoms with Crippen molar-refractivity contribution in [2.75, 3.05) is 34.3 Å². The number of anilines is 3. The molecule has 678 valence electrons. The van der Waals surface area contributed by atoms with Gasteiger partial charge in [-0.05, 0) is 292 Å². The van der Waals surface area contributed by atoms with Crippen molar-refractivity contribution in [3.8, 4) is 0 Å². The summed E-state index contributed by atoms with van der Waals surface area (Å²) in [4.78, 5) is 140. The summed E-state index contributed by atoms with van der Waals surface area (Å²) >= 11 is 9.78.